The zero-order valence-corrected chi connectivity index (χ0v) is 15.7. The van der Waals surface area contributed by atoms with Gasteiger partial charge in [0.25, 0.3) is 0 Å². The van der Waals surface area contributed by atoms with Gasteiger partial charge >= 0.3 is 0 Å². The van der Waals surface area contributed by atoms with E-state index in [4.69, 9.17) is 4.74 Å². The van der Waals surface area contributed by atoms with Gasteiger partial charge in [-0.3, -0.25) is 4.98 Å². The Bertz CT molecular complexity index is 964. The fourth-order valence-electron chi connectivity index (χ4n) is 2.75. The topological polar surface area (TPSA) is 70.8 Å². The highest BCUT2D eigenvalue weighted by Crippen LogP contribution is 2.21. The smallest absolute Gasteiger partial charge is 0.225 e. The van der Waals surface area contributed by atoms with Crippen molar-refractivity contribution in [3.05, 3.63) is 89.1 Å². The number of oxime groups is 1. The second-order valence-corrected chi connectivity index (χ2v) is 6.33. The molecule has 0 unspecified atom stereocenters. The Balaban J connectivity index is 1.84. The van der Waals surface area contributed by atoms with Gasteiger partial charge in [-0.1, -0.05) is 29.4 Å². The number of nitrogens with zero attached hydrogens (tertiary/aromatic N) is 4. The zero-order chi connectivity index (χ0) is 19.9. The van der Waals surface area contributed by atoms with E-state index in [1.54, 1.807) is 54.7 Å². The van der Waals surface area contributed by atoms with Crippen molar-refractivity contribution in [2.45, 2.75) is 20.1 Å². The fourth-order valence-corrected chi connectivity index (χ4v) is 2.75. The molecule has 6 nitrogen and oxygen atoms in total. The lowest BCUT2D eigenvalue weighted by Gasteiger charge is -2.21. The van der Waals surface area contributed by atoms with Crippen molar-refractivity contribution in [2.75, 3.05) is 7.05 Å². The van der Waals surface area contributed by atoms with Crippen LogP contribution < -0.4 is 4.74 Å². The van der Waals surface area contributed by atoms with Gasteiger partial charge in [0.1, 0.15) is 12.4 Å². The minimum absolute atomic E-state index is 0.0150. The van der Waals surface area contributed by atoms with Gasteiger partial charge in [0.2, 0.25) is 5.88 Å². The minimum atomic E-state index is -0.346. The molecular weight excluding hydrogens is 359 g/mol. The molecular formula is C21H21FN4O2. The molecule has 28 heavy (non-hydrogen) atoms. The van der Waals surface area contributed by atoms with Gasteiger partial charge < -0.3 is 14.8 Å². The molecule has 0 saturated carbocycles. The van der Waals surface area contributed by atoms with Gasteiger partial charge in [-0.15, -0.1) is 0 Å². The first kappa shape index (κ1) is 19.3. The summed E-state index contributed by atoms with van der Waals surface area (Å²) in [4.78, 5) is 10.3. The third-order valence-electron chi connectivity index (χ3n) is 4.16. The Labute approximate surface area is 162 Å². The van der Waals surface area contributed by atoms with Crippen molar-refractivity contribution in [3.8, 4) is 5.88 Å². The van der Waals surface area contributed by atoms with Crippen molar-refractivity contribution in [1.82, 2.24) is 14.9 Å². The molecule has 0 spiro atoms. The molecule has 1 N–H and O–H groups in total. The summed E-state index contributed by atoms with van der Waals surface area (Å²) in [6.07, 6.45) is 3.44. The lowest BCUT2D eigenvalue weighted by Crippen LogP contribution is -2.28. The maximum absolute atomic E-state index is 13.9. The number of aryl methyl sites for hydroxylation is 1. The van der Waals surface area contributed by atoms with Crippen LogP contribution in [-0.4, -0.2) is 33.0 Å². The molecule has 3 aromatic rings. The van der Waals surface area contributed by atoms with E-state index in [0.29, 0.717) is 23.5 Å². The largest absolute Gasteiger partial charge is 0.472 e. The third kappa shape index (κ3) is 4.62. The summed E-state index contributed by atoms with van der Waals surface area (Å²) in [5, 5.41) is 13.1. The van der Waals surface area contributed by atoms with Crippen molar-refractivity contribution in [3.63, 3.8) is 0 Å². The summed E-state index contributed by atoms with van der Waals surface area (Å²) in [6, 6.07) is 13.7. The lowest BCUT2D eigenvalue weighted by molar-refractivity contribution is 0.283. The molecule has 0 fully saturated rings. The van der Waals surface area contributed by atoms with Crippen molar-refractivity contribution in [2.24, 2.45) is 5.16 Å². The van der Waals surface area contributed by atoms with E-state index < -0.39 is 0 Å². The maximum atomic E-state index is 13.9. The van der Waals surface area contributed by atoms with Crippen LogP contribution in [0.3, 0.4) is 0 Å². The van der Waals surface area contributed by atoms with E-state index in [1.165, 1.54) is 6.07 Å². The maximum Gasteiger partial charge on any atom is 0.225 e. The van der Waals surface area contributed by atoms with Gasteiger partial charge in [-0.05, 0) is 36.8 Å². The molecule has 0 amide bonds. The summed E-state index contributed by atoms with van der Waals surface area (Å²) < 4.78 is 19.7. The van der Waals surface area contributed by atoms with Crippen LogP contribution in [-0.2, 0) is 13.2 Å². The van der Waals surface area contributed by atoms with Gasteiger partial charge in [0.05, 0.1) is 5.56 Å². The number of halogens is 1. The van der Waals surface area contributed by atoms with Crippen LogP contribution in [0.4, 0.5) is 4.39 Å². The second-order valence-electron chi connectivity index (χ2n) is 6.33. The molecule has 0 aliphatic heterocycles. The summed E-state index contributed by atoms with van der Waals surface area (Å²) in [5.74, 6) is 0.218. The van der Waals surface area contributed by atoms with E-state index in [9.17, 15) is 9.60 Å². The quantitative estimate of drug-likeness (QED) is 0.305. The van der Waals surface area contributed by atoms with Crippen molar-refractivity contribution < 1.29 is 14.3 Å². The van der Waals surface area contributed by atoms with Gasteiger partial charge in [-0.25, -0.2) is 9.37 Å². The Kier molecular flexibility index (Phi) is 6.16. The summed E-state index contributed by atoms with van der Waals surface area (Å²) in [6.45, 7) is 2.32. The number of benzene rings is 1. The predicted molar refractivity (Wildman–Crippen MR) is 104 cm³/mol. The van der Waals surface area contributed by atoms with Crippen LogP contribution in [0.15, 0.2) is 66.1 Å². The average molecular weight is 380 g/mol. The number of hydrogen-bond acceptors (Lipinski definition) is 5. The Morgan fingerprint density at radius 3 is 2.71 bits per heavy atom. The summed E-state index contributed by atoms with van der Waals surface area (Å²) in [5.41, 5.74) is 2.62. The predicted octanol–water partition coefficient (Wildman–Crippen LogP) is 3.77. The first-order valence-corrected chi connectivity index (χ1v) is 8.75. The monoisotopic (exact) mass is 380 g/mol. The number of ether oxygens (including phenoxy) is 1. The highest BCUT2D eigenvalue weighted by Gasteiger charge is 2.18. The van der Waals surface area contributed by atoms with E-state index in [1.807, 2.05) is 19.1 Å². The van der Waals surface area contributed by atoms with Crippen LogP contribution in [0.2, 0.25) is 0 Å². The molecule has 0 atom stereocenters. The van der Waals surface area contributed by atoms with Crippen molar-refractivity contribution in [1.29, 1.82) is 0 Å². The van der Waals surface area contributed by atoms with Crippen molar-refractivity contribution >= 4 is 5.84 Å². The number of hydrogen-bond donors (Lipinski definition) is 1. The van der Waals surface area contributed by atoms with Crippen LogP contribution >= 0.6 is 0 Å². The van der Waals surface area contributed by atoms with Crippen LogP contribution in [0, 0.1) is 12.7 Å². The highest BCUT2D eigenvalue weighted by atomic mass is 19.1. The molecule has 0 bridgehead atoms. The number of amidine groups is 1. The Hall–Kier alpha value is -3.48. The van der Waals surface area contributed by atoms with Crippen LogP contribution in [0.5, 0.6) is 5.88 Å². The number of pyridine rings is 2. The van der Waals surface area contributed by atoms with Gasteiger partial charge in [0, 0.05) is 37.2 Å². The van der Waals surface area contributed by atoms with E-state index in [-0.39, 0.29) is 18.3 Å². The summed E-state index contributed by atoms with van der Waals surface area (Å²) >= 11 is 0. The molecule has 3 rings (SSSR count). The molecule has 2 heterocycles. The highest BCUT2D eigenvalue weighted by molar-refractivity contribution is 6.00. The normalized spacial score (nSPS) is 11.3. The van der Waals surface area contributed by atoms with Gasteiger partial charge in [-0.2, -0.15) is 0 Å². The molecule has 1 aromatic carbocycles. The summed E-state index contributed by atoms with van der Waals surface area (Å²) in [7, 11) is 1.79. The van der Waals surface area contributed by atoms with E-state index in [2.05, 4.69) is 15.1 Å². The molecule has 0 radical (unpaired) electrons. The molecule has 7 heteroatoms. The first-order valence-electron chi connectivity index (χ1n) is 8.75. The van der Waals surface area contributed by atoms with Crippen LogP contribution in [0.25, 0.3) is 0 Å². The standard InChI is InChI=1S/C21H21FN4O2/c1-15-9-10-18(20(25-27)26(2)13-16-6-5-11-23-12-16)21(24-15)28-14-17-7-3-4-8-19(17)22/h3-12,27H,13-14H2,1-2H3/b25-20-. The van der Waals surface area contributed by atoms with Crippen LogP contribution in [0.1, 0.15) is 22.4 Å². The number of rotatable bonds is 6. The fraction of sp³-hybridized carbons (Fsp3) is 0.190. The number of aromatic nitrogens is 2. The van der Waals surface area contributed by atoms with Gasteiger partial charge in [0.15, 0.2) is 5.84 Å². The van der Waals surface area contributed by atoms with E-state index in [0.717, 1.165) is 11.3 Å². The molecule has 0 aliphatic carbocycles. The third-order valence-corrected chi connectivity index (χ3v) is 4.16. The molecule has 2 aromatic heterocycles. The average Bonchev–Trinajstić information content (AvgIpc) is 2.70. The minimum Gasteiger partial charge on any atom is -0.472 e. The molecule has 144 valence electrons. The SMILES string of the molecule is Cc1ccc(/C(=N/O)N(C)Cc2cccnc2)c(OCc2ccccc2F)n1. The van der Waals surface area contributed by atoms with E-state index >= 15 is 0 Å². The zero-order valence-electron chi connectivity index (χ0n) is 15.7. The first-order chi connectivity index (χ1) is 13.6. The Morgan fingerprint density at radius 1 is 1.18 bits per heavy atom. The molecule has 0 aliphatic rings. The Morgan fingerprint density at radius 2 is 2.00 bits per heavy atom. The molecule has 0 saturated heterocycles. The second kappa shape index (κ2) is 8.94. The lowest BCUT2D eigenvalue weighted by atomic mass is 10.2.